The highest BCUT2D eigenvalue weighted by atomic mass is 16.5. The zero-order chi connectivity index (χ0) is 21.5. The van der Waals surface area contributed by atoms with E-state index in [-0.39, 0.29) is 5.91 Å². The number of aromatic nitrogens is 1. The van der Waals surface area contributed by atoms with Crippen LogP contribution in [0.3, 0.4) is 0 Å². The minimum atomic E-state index is -0.153. The number of nitrogens with one attached hydrogen (secondary N) is 1. The lowest BCUT2D eigenvalue weighted by atomic mass is 10.0. The predicted molar refractivity (Wildman–Crippen MR) is 124 cm³/mol. The SMILES string of the molecule is CN1CCN(c2ccc(-c3cncc(C(=O)NCCOc4ccccc4)c3)cc2)CC1. The number of carbonyl (C=O) groups excluding carboxylic acids is 1. The smallest absolute Gasteiger partial charge is 0.252 e. The van der Waals surface area contributed by atoms with Gasteiger partial charge in [0.2, 0.25) is 0 Å². The van der Waals surface area contributed by atoms with E-state index < -0.39 is 0 Å². The number of benzene rings is 2. The van der Waals surface area contributed by atoms with Gasteiger partial charge in [-0.05, 0) is 42.9 Å². The van der Waals surface area contributed by atoms with Gasteiger partial charge in [0.15, 0.2) is 0 Å². The Kier molecular flexibility index (Phi) is 6.79. The van der Waals surface area contributed by atoms with E-state index in [1.54, 1.807) is 12.4 Å². The molecule has 1 aliphatic heterocycles. The van der Waals surface area contributed by atoms with E-state index in [4.69, 9.17) is 4.74 Å². The Morgan fingerprint density at radius 2 is 1.71 bits per heavy atom. The van der Waals surface area contributed by atoms with E-state index in [0.29, 0.717) is 18.7 Å². The van der Waals surface area contributed by atoms with Gasteiger partial charge in [-0.2, -0.15) is 0 Å². The quantitative estimate of drug-likeness (QED) is 0.599. The van der Waals surface area contributed by atoms with Crippen LogP contribution in [0.5, 0.6) is 5.75 Å². The van der Waals surface area contributed by atoms with Gasteiger partial charge in [0.05, 0.1) is 12.1 Å². The molecule has 2 aromatic carbocycles. The molecule has 1 fully saturated rings. The molecule has 3 aromatic rings. The van der Waals surface area contributed by atoms with Gasteiger partial charge in [-0.15, -0.1) is 0 Å². The summed E-state index contributed by atoms with van der Waals surface area (Å²) in [5.74, 6) is 0.639. The summed E-state index contributed by atoms with van der Waals surface area (Å²) in [6, 6.07) is 19.9. The molecule has 0 atom stereocenters. The Hall–Kier alpha value is -3.38. The molecule has 1 aromatic heterocycles. The zero-order valence-electron chi connectivity index (χ0n) is 17.8. The molecule has 0 aliphatic carbocycles. The maximum atomic E-state index is 12.5. The lowest BCUT2D eigenvalue weighted by Gasteiger charge is -2.34. The van der Waals surface area contributed by atoms with Crippen LogP contribution >= 0.6 is 0 Å². The fourth-order valence-corrected chi connectivity index (χ4v) is 3.60. The van der Waals surface area contributed by atoms with Crippen molar-refractivity contribution >= 4 is 11.6 Å². The highest BCUT2D eigenvalue weighted by Gasteiger charge is 2.14. The van der Waals surface area contributed by atoms with Gasteiger partial charge in [-0.25, -0.2) is 0 Å². The number of carbonyl (C=O) groups is 1. The number of rotatable bonds is 7. The van der Waals surface area contributed by atoms with Crippen molar-refractivity contribution in [3.63, 3.8) is 0 Å². The normalized spacial score (nSPS) is 14.3. The van der Waals surface area contributed by atoms with Gasteiger partial charge in [0.1, 0.15) is 12.4 Å². The average Bonchev–Trinajstić information content (AvgIpc) is 2.83. The van der Waals surface area contributed by atoms with Crippen LogP contribution in [0, 0.1) is 0 Å². The van der Waals surface area contributed by atoms with Gasteiger partial charge >= 0.3 is 0 Å². The fourth-order valence-electron chi connectivity index (χ4n) is 3.60. The van der Waals surface area contributed by atoms with E-state index in [0.717, 1.165) is 43.1 Å². The summed E-state index contributed by atoms with van der Waals surface area (Å²) in [6.45, 7) is 5.09. The first-order valence-electron chi connectivity index (χ1n) is 10.6. The number of ether oxygens (including phenoxy) is 1. The minimum absolute atomic E-state index is 0.153. The van der Waals surface area contributed by atoms with Crippen LogP contribution in [0.25, 0.3) is 11.1 Å². The van der Waals surface area contributed by atoms with Gasteiger partial charge in [-0.1, -0.05) is 30.3 Å². The summed E-state index contributed by atoms with van der Waals surface area (Å²) in [7, 11) is 2.16. The topological polar surface area (TPSA) is 57.7 Å². The van der Waals surface area contributed by atoms with Crippen LogP contribution in [0.15, 0.2) is 73.1 Å². The molecule has 0 saturated carbocycles. The van der Waals surface area contributed by atoms with E-state index in [2.05, 4.69) is 51.4 Å². The first-order chi connectivity index (χ1) is 15.2. The third-order valence-electron chi connectivity index (χ3n) is 5.47. The molecule has 6 heteroatoms. The number of pyridine rings is 1. The molecule has 1 aliphatic rings. The Morgan fingerprint density at radius 1 is 0.968 bits per heavy atom. The lowest BCUT2D eigenvalue weighted by Crippen LogP contribution is -2.44. The van der Waals surface area contributed by atoms with Crippen molar-refractivity contribution in [2.45, 2.75) is 0 Å². The number of hydrogen-bond acceptors (Lipinski definition) is 5. The predicted octanol–water partition coefficient (Wildman–Crippen LogP) is 3.31. The first-order valence-corrected chi connectivity index (χ1v) is 10.6. The van der Waals surface area contributed by atoms with Crippen molar-refractivity contribution in [1.29, 1.82) is 0 Å². The summed E-state index contributed by atoms with van der Waals surface area (Å²) in [6.07, 6.45) is 3.38. The maximum absolute atomic E-state index is 12.5. The standard InChI is InChI=1S/C25H28N4O2/c1-28-12-14-29(15-13-28)23-9-7-20(8-10-23)21-17-22(19-26-18-21)25(30)27-11-16-31-24-5-3-2-4-6-24/h2-10,17-19H,11-16H2,1H3,(H,27,30). The molecule has 4 rings (SSSR count). The Labute approximate surface area is 183 Å². The van der Waals surface area contributed by atoms with Crippen LogP contribution < -0.4 is 15.0 Å². The average molecular weight is 417 g/mol. The van der Waals surface area contributed by atoms with E-state index in [1.165, 1.54) is 5.69 Å². The van der Waals surface area contributed by atoms with Crippen LogP contribution in [-0.2, 0) is 0 Å². The molecule has 2 heterocycles. The van der Waals surface area contributed by atoms with E-state index in [1.807, 2.05) is 36.4 Å². The molecule has 160 valence electrons. The Balaban J connectivity index is 1.33. The third-order valence-corrected chi connectivity index (χ3v) is 5.47. The number of hydrogen-bond donors (Lipinski definition) is 1. The number of amides is 1. The molecule has 0 radical (unpaired) electrons. The molecule has 1 saturated heterocycles. The Bertz CT molecular complexity index is 984. The van der Waals surface area contributed by atoms with Gasteiger partial charge < -0.3 is 19.9 Å². The van der Waals surface area contributed by atoms with E-state index >= 15 is 0 Å². The molecule has 31 heavy (non-hydrogen) atoms. The van der Waals surface area contributed by atoms with Gasteiger partial charge in [0.25, 0.3) is 5.91 Å². The van der Waals surface area contributed by atoms with Crippen molar-refractivity contribution in [3.05, 3.63) is 78.6 Å². The highest BCUT2D eigenvalue weighted by molar-refractivity contribution is 5.95. The van der Waals surface area contributed by atoms with Crippen molar-refractivity contribution in [1.82, 2.24) is 15.2 Å². The molecule has 1 amide bonds. The summed E-state index contributed by atoms with van der Waals surface area (Å²) >= 11 is 0. The van der Waals surface area contributed by atoms with Crippen molar-refractivity contribution in [2.24, 2.45) is 0 Å². The zero-order valence-corrected chi connectivity index (χ0v) is 17.8. The van der Waals surface area contributed by atoms with Crippen LogP contribution in [0.1, 0.15) is 10.4 Å². The van der Waals surface area contributed by atoms with Gasteiger partial charge in [0, 0.05) is 49.8 Å². The molecule has 1 N–H and O–H groups in total. The number of piperazine rings is 1. The van der Waals surface area contributed by atoms with Crippen LogP contribution in [-0.4, -0.2) is 62.2 Å². The fraction of sp³-hybridized carbons (Fsp3) is 0.280. The summed E-state index contributed by atoms with van der Waals surface area (Å²) < 4.78 is 5.62. The molecular weight excluding hydrogens is 388 g/mol. The second-order valence-corrected chi connectivity index (χ2v) is 7.72. The molecular formula is C25H28N4O2. The monoisotopic (exact) mass is 416 g/mol. The minimum Gasteiger partial charge on any atom is -0.492 e. The summed E-state index contributed by atoms with van der Waals surface area (Å²) in [5, 5.41) is 2.89. The molecule has 0 spiro atoms. The molecule has 0 bridgehead atoms. The third kappa shape index (κ3) is 5.61. The van der Waals surface area contributed by atoms with Crippen molar-refractivity contribution < 1.29 is 9.53 Å². The molecule has 0 unspecified atom stereocenters. The van der Waals surface area contributed by atoms with E-state index in [9.17, 15) is 4.79 Å². The first kappa shape index (κ1) is 20.9. The number of para-hydroxylation sites is 1. The highest BCUT2D eigenvalue weighted by Crippen LogP contribution is 2.24. The van der Waals surface area contributed by atoms with Crippen molar-refractivity contribution in [3.8, 4) is 16.9 Å². The van der Waals surface area contributed by atoms with Crippen LogP contribution in [0.4, 0.5) is 5.69 Å². The largest absolute Gasteiger partial charge is 0.492 e. The number of nitrogens with zero attached hydrogens (tertiary/aromatic N) is 3. The second kappa shape index (κ2) is 10.1. The van der Waals surface area contributed by atoms with Gasteiger partial charge in [-0.3, -0.25) is 9.78 Å². The second-order valence-electron chi connectivity index (χ2n) is 7.72. The van der Waals surface area contributed by atoms with Crippen LogP contribution in [0.2, 0.25) is 0 Å². The number of anilines is 1. The summed E-state index contributed by atoms with van der Waals surface area (Å²) in [5.41, 5.74) is 3.75. The Morgan fingerprint density at radius 3 is 2.45 bits per heavy atom. The number of likely N-dealkylation sites (N-methyl/N-ethyl adjacent to an activating group) is 1. The van der Waals surface area contributed by atoms with Crippen molar-refractivity contribution in [2.75, 3.05) is 51.3 Å². The summed E-state index contributed by atoms with van der Waals surface area (Å²) in [4.78, 5) is 21.5. The maximum Gasteiger partial charge on any atom is 0.252 e. The lowest BCUT2D eigenvalue weighted by molar-refractivity contribution is 0.0946. The molecule has 6 nitrogen and oxygen atoms in total.